The molecule has 1 amide bonds. The van der Waals surface area contributed by atoms with Crippen LogP contribution in [0.4, 0.5) is 11.4 Å². The Labute approximate surface area is 183 Å². The van der Waals surface area contributed by atoms with Gasteiger partial charge in [0.05, 0.1) is 5.69 Å². The van der Waals surface area contributed by atoms with Crippen molar-refractivity contribution < 1.29 is 13.2 Å². The number of carbonyl (C=O) groups is 1. The lowest BCUT2D eigenvalue weighted by atomic mass is 9.95. The van der Waals surface area contributed by atoms with Crippen LogP contribution in [-0.4, -0.2) is 20.9 Å². The number of rotatable bonds is 4. The summed E-state index contributed by atoms with van der Waals surface area (Å²) in [7, 11) is -4.06. The van der Waals surface area contributed by atoms with E-state index in [1.807, 2.05) is 68.4 Å². The standard InChI is InChI=1S/C25H24N2O3S/c1-4-27-22-13-9-8-12-21(22)23(19-10-6-5-7-11-19)24(31(27,29)30)25(28)26-20-15-14-17(2)18(3)16-20/h5-16H,4H2,1-3H3,(H,26,28). The van der Waals surface area contributed by atoms with Crippen molar-refractivity contribution in [3.05, 3.63) is 100.0 Å². The first-order chi connectivity index (χ1) is 14.8. The minimum atomic E-state index is -4.06. The van der Waals surface area contributed by atoms with Crippen molar-refractivity contribution in [1.82, 2.24) is 0 Å². The summed E-state index contributed by atoms with van der Waals surface area (Å²) in [5.74, 6) is -0.643. The zero-order valence-corrected chi connectivity index (χ0v) is 18.5. The highest BCUT2D eigenvalue weighted by molar-refractivity contribution is 7.97. The quantitative estimate of drug-likeness (QED) is 0.640. The lowest BCUT2D eigenvalue weighted by Crippen LogP contribution is -2.39. The lowest BCUT2D eigenvalue weighted by molar-refractivity contribution is -0.112. The summed E-state index contributed by atoms with van der Waals surface area (Å²) in [5, 5.41) is 2.81. The smallest absolute Gasteiger partial charge is 0.270 e. The molecule has 4 rings (SSSR count). The van der Waals surface area contributed by atoms with Crippen LogP contribution in [0.1, 0.15) is 29.2 Å². The zero-order chi connectivity index (χ0) is 22.2. The molecule has 0 unspecified atom stereocenters. The molecule has 6 heteroatoms. The van der Waals surface area contributed by atoms with Crippen LogP contribution < -0.4 is 9.62 Å². The van der Waals surface area contributed by atoms with E-state index in [2.05, 4.69) is 5.32 Å². The molecule has 0 radical (unpaired) electrons. The number of carbonyl (C=O) groups excluding carboxylic acids is 1. The number of fused-ring (bicyclic) bond motifs is 1. The number of amides is 1. The Morgan fingerprint density at radius 2 is 1.58 bits per heavy atom. The largest absolute Gasteiger partial charge is 0.321 e. The molecular formula is C25H24N2O3S. The van der Waals surface area contributed by atoms with Gasteiger partial charge in [0.25, 0.3) is 15.9 Å². The Bertz CT molecular complexity index is 1300. The maximum Gasteiger partial charge on any atom is 0.270 e. The van der Waals surface area contributed by atoms with Gasteiger partial charge in [0.15, 0.2) is 4.91 Å². The molecule has 0 spiro atoms. The van der Waals surface area contributed by atoms with Gasteiger partial charge in [-0.25, -0.2) is 8.42 Å². The molecule has 1 aliphatic rings. The number of hydrogen-bond donors (Lipinski definition) is 1. The highest BCUT2D eigenvalue weighted by Gasteiger charge is 2.40. The first kappa shape index (κ1) is 20.9. The van der Waals surface area contributed by atoms with Gasteiger partial charge in [-0.1, -0.05) is 54.6 Å². The maximum absolute atomic E-state index is 13.7. The van der Waals surface area contributed by atoms with Crippen molar-refractivity contribution in [3.63, 3.8) is 0 Å². The summed E-state index contributed by atoms with van der Waals surface area (Å²) >= 11 is 0. The van der Waals surface area contributed by atoms with Crippen LogP contribution in [0.15, 0.2) is 77.7 Å². The van der Waals surface area contributed by atoms with E-state index in [1.165, 1.54) is 4.31 Å². The fourth-order valence-electron chi connectivity index (χ4n) is 3.86. The van der Waals surface area contributed by atoms with Crippen LogP contribution in [0.2, 0.25) is 0 Å². The first-order valence-electron chi connectivity index (χ1n) is 10.1. The molecule has 0 bridgehead atoms. The summed E-state index contributed by atoms with van der Waals surface area (Å²) in [6, 6.07) is 22.0. The van der Waals surface area contributed by atoms with E-state index >= 15 is 0 Å². The van der Waals surface area contributed by atoms with E-state index in [9.17, 15) is 13.2 Å². The summed E-state index contributed by atoms with van der Waals surface area (Å²) in [4.78, 5) is 13.2. The molecular weight excluding hydrogens is 408 g/mol. The predicted octanol–water partition coefficient (Wildman–Crippen LogP) is 4.87. The third-order valence-corrected chi connectivity index (χ3v) is 7.48. The van der Waals surface area contributed by atoms with Crippen molar-refractivity contribution in [2.24, 2.45) is 0 Å². The van der Waals surface area contributed by atoms with Gasteiger partial charge < -0.3 is 5.32 Å². The summed E-state index contributed by atoms with van der Waals surface area (Å²) in [6.07, 6.45) is 0. The molecule has 158 valence electrons. The van der Waals surface area contributed by atoms with E-state index in [0.717, 1.165) is 16.7 Å². The van der Waals surface area contributed by atoms with Crippen LogP contribution in [0.5, 0.6) is 0 Å². The molecule has 0 aliphatic carbocycles. The van der Waals surface area contributed by atoms with Crippen molar-refractivity contribution >= 4 is 32.9 Å². The van der Waals surface area contributed by atoms with Crippen molar-refractivity contribution in [1.29, 1.82) is 0 Å². The second kappa shape index (κ2) is 8.04. The molecule has 1 N–H and O–H groups in total. The van der Waals surface area contributed by atoms with Gasteiger partial charge in [0, 0.05) is 23.4 Å². The monoisotopic (exact) mass is 432 g/mol. The molecule has 31 heavy (non-hydrogen) atoms. The van der Waals surface area contributed by atoms with E-state index in [4.69, 9.17) is 0 Å². The van der Waals surface area contributed by atoms with Crippen molar-refractivity contribution in [3.8, 4) is 0 Å². The van der Waals surface area contributed by atoms with E-state index in [1.54, 1.807) is 25.1 Å². The third kappa shape index (κ3) is 3.64. The number of sulfonamides is 1. The number of aryl methyl sites for hydroxylation is 2. The molecule has 0 aromatic heterocycles. The molecule has 5 nitrogen and oxygen atoms in total. The fourth-order valence-corrected chi connectivity index (χ4v) is 5.61. The minimum absolute atomic E-state index is 0.224. The summed E-state index contributed by atoms with van der Waals surface area (Å²) in [5.41, 5.74) is 5.06. The van der Waals surface area contributed by atoms with Gasteiger partial charge in [-0.05, 0) is 55.7 Å². The van der Waals surface area contributed by atoms with Crippen molar-refractivity contribution in [2.45, 2.75) is 20.8 Å². The van der Waals surface area contributed by atoms with Gasteiger partial charge in [0.1, 0.15) is 0 Å². The van der Waals surface area contributed by atoms with Gasteiger partial charge in [-0.3, -0.25) is 9.10 Å². The highest BCUT2D eigenvalue weighted by Crippen LogP contribution is 2.42. The van der Waals surface area contributed by atoms with E-state index in [0.29, 0.717) is 22.5 Å². The lowest BCUT2D eigenvalue weighted by Gasteiger charge is -2.32. The molecule has 0 atom stereocenters. The average Bonchev–Trinajstić information content (AvgIpc) is 2.75. The zero-order valence-electron chi connectivity index (χ0n) is 17.7. The Morgan fingerprint density at radius 1 is 0.903 bits per heavy atom. The minimum Gasteiger partial charge on any atom is -0.321 e. The molecule has 1 aliphatic heterocycles. The number of nitrogens with one attached hydrogen (secondary N) is 1. The second-order valence-corrected chi connectivity index (χ2v) is 9.31. The Hall–Kier alpha value is -3.38. The second-order valence-electron chi connectivity index (χ2n) is 7.51. The topological polar surface area (TPSA) is 66.5 Å². The number of hydrogen-bond acceptors (Lipinski definition) is 3. The number of benzene rings is 3. The third-order valence-electron chi connectivity index (χ3n) is 5.54. The van der Waals surface area contributed by atoms with Gasteiger partial charge in [-0.15, -0.1) is 0 Å². The molecule has 3 aromatic carbocycles. The molecule has 0 saturated heterocycles. The number of anilines is 2. The Kier molecular flexibility index (Phi) is 5.41. The van der Waals surface area contributed by atoms with Crippen LogP contribution in [-0.2, 0) is 14.8 Å². The Balaban J connectivity index is 1.96. The SMILES string of the molecule is CCN1c2ccccc2C(c2ccccc2)=C(C(=O)Nc2ccc(C)c(C)c2)S1(=O)=O. The first-order valence-corrected chi connectivity index (χ1v) is 11.6. The van der Waals surface area contributed by atoms with Gasteiger partial charge >= 0.3 is 0 Å². The van der Waals surface area contributed by atoms with Crippen molar-refractivity contribution in [2.75, 3.05) is 16.2 Å². The van der Waals surface area contributed by atoms with E-state index < -0.39 is 15.9 Å². The van der Waals surface area contributed by atoms with Crippen LogP contribution in [0.25, 0.3) is 5.57 Å². The van der Waals surface area contributed by atoms with Gasteiger partial charge in [0.2, 0.25) is 0 Å². The molecule has 1 heterocycles. The summed E-state index contributed by atoms with van der Waals surface area (Å²) < 4.78 is 28.6. The average molecular weight is 433 g/mol. The number of nitrogens with zero attached hydrogens (tertiary/aromatic N) is 1. The van der Waals surface area contributed by atoms with Crippen LogP contribution >= 0.6 is 0 Å². The molecule has 3 aromatic rings. The molecule has 0 saturated carbocycles. The maximum atomic E-state index is 13.7. The van der Waals surface area contributed by atoms with E-state index in [-0.39, 0.29) is 11.4 Å². The predicted molar refractivity (Wildman–Crippen MR) is 125 cm³/mol. The Morgan fingerprint density at radius 3 is 2.26 bits per heavy atom. The van der Waals surface area contributed by atoms with Gasteiger partial charge in [-0.2, -0.15) is 0 Å². The summed E-state index contributed by atoms with van der Waals surface area (Å²) in [6.45, 7) is 5.92. The highest BCUT2D eigenvalue weighted by atomic mass is 32.2. The molecule has 0 fully saturated rings. The fraction of sp³-hybridized carbons (Fsp3) is 0.160. The van der Waals surface area contributed by atoms with Crippen LogP contribution in [0, 0.1) is 13.8 Å². The normalized spacial score (nSPS) is 14.9. The number of para-hydroxylation sites is 1. The van der Waals surface area contributed by atoms with Crippen LogP contribution in [0.3, 0.4) is 0 Å².